The first-order valence-corrected chi connectivity index (χ1v) is 9.14. The first-order valence-electron chi connectivity index (χ1n) is 7.41. The van der Waals surface area contributed by atoms with Crippen molar-refractivity contribution in [2.45, 2.75) is 12.4 Å². The zero-order chi connectivity index (χ0) is 19.3. The summed E-state index contributed by atoms with van der Waals surface area (Å²) in [7, 11) is -1.05. The number of ether oxygens (including phenoxy) is 1. The number of esters is 1. The molecule has 8 nitrogen and oxygen atoms in total. The lowest BCUT2D eigenvalue weighted by molar-refractivity contribution is -0.385. The highest BCUT2D eigenvalue weighted by Gasteiger charge is 2.18. The summed E-state index contributed by atoms with van der Waals surface area (Å²) in [5.74, 6) is -1.15. The van der Waals surface area contributed by atoms with E-state index in [1.165, 1.54) is 18.2 Å². The summed E-state index contributed by atoms with van der Waals surface area (Å²) < 4.78 is 16.4. The minimum Gasteiger partial charge on any atom is -0.457 e. The quantitative estimate of drug-likeness (QED) is 0.446. The maximum absolute atomic E-state index is 12.2. The highest BCUT2D eigenvalue weighted by Crippen LogP contribution is 2.22. The number of nitrogens with zero attached hydrogens (tertiary/aromatic N) is 1. The zero-order valence-corrected chi connectivity index (χ0v) is 14.7. The Kier molecular flexibility index (Phi) is 6.18. The molecule has 9 heteroatoms. The van der Waals surface area contributed by atoms with Crippen LogP contribution in [0.4, 0.5) is 5.69 Å². The van der Waals surface area contributed by atoms with Crippen LogP contribution in [0.2, 0.25) is 0 Å². The fraction of sp³-hybridized carbons (Fsp3) is 0.176. The van der Waals surface area contributed by atoms with Gasteiger partial charge in [-0.15, -0.1) is 0 Å². The molecule has 0 fully saturated rings. The minimum atomic E-state index is -1.05. The maximum Gasteiger partial charge on any atom is 0.338 e. The highest BCUT2D eigenvalue weighted by atomic mass is 32.2. The fourth-order valence-electron chi connectivity index (χ4n) is 2.26. The molecule has 0 aliphatic heterocycles. The van der Waals surface area contributed by atoms with E-state index in [9.17, 15) is 23.9 Å². The molecule has 0 saturated heterocycles. The molecule has 2 N–H and O–H groups in total. The van der Waals surface area contributed by atoms with Crippen molar-refractivity contribution in [3.05, 3.63) is 74.8 Å². The van der Waals surface area contributed by atoms with Gasteiger partial charge in [-0.2, -0.15) is 0 Å². The van der Waals surface area contributed by atoms with Gasteiger partial charge in [0.1, 0.15) is 6.61 Å². The predicted octanol–water partition coefficient (Wildman–Crippen LogP) is 1.93. The van der Waals surface area contributed by atoms with Crippen molar-refractivity contribution in [3.8, 4) is 0 Å². The number of rotatable bonds is 7. The molecule has 1 atom stereocenters. The molecule has 0 saturated carbocycles. The smallest absolute Gasteiger partial charge is 0.338 e. The van der Waals surface area contributed by atoms with Gasteiger partial charge in [-0.1, -0.05) is 12.1 Å². The molecule has 1 amide bonds. The third-order valence-corrected chi connectivity index (χ3v) is 4.20. The first-order chi connectivity index (χ1) is 12.3. The average Bonchev–Trinajstić information content (AvgIpc) is 2.58. The zero-order valence-electron chi connectivity index (χ0n) is 13.8. The van der Waals surface area contributed by atoms with Crippen LogP contribution in [0, 0.1) is 10.1 Å². The van der Waals surface area contributed by atoms with Crippen LogP contribution in [0.1, 0.15) is 31.8 Å². The second-order valence-electron chi connectivity index (χ2n) is 5.46. The van der Waals surface area contributed by atoms with Crippen molar-refractivity contribution in [2.24, 2.45) is 5.73 Å². The second-order valence-corrected chi connectivity index (χ2v) is 6.89. The molecule has 0 heterocycles. The van der Waals surface area contributed by atoms with Gasteiger partial charge in [0.25, 0.3) is 5.69 Å². The van der Waals surface area contributed by atoms with Gasteiger partial charge in [-0.05, 0) is 29.8 Å². The van der Waals surface area contributed by atoms with Gasteiger partial charge in [0.15, 0.2) is 0 Å². The van der Waals surface area contributed by atoms with Gasteiger partial charge in [0, 0.05) is 34.4 Å². The van der Waals surface area contributed by atoms with Crippen molar-refractivity contribution in [2.75, 3.05) is 6.26 Å². The topological polar surface area (TPSA) is 130 Å². The SMILES string of the molecule is CS(=O)Cc1cccc(C(=O)OCc2ccc(C(N)=O)cc2[N+](=O)[O-])c1. The Hall–Kier alpha value is -3.07. The Bertz CT molecular complexity index is 897. The van der Waals surface area contributed by atoms with Gasteiger partial charge >= 0.3 is 5.97 Å². The van der Waals surface area contributed by atoms with E-state index >= 15 is 0 Å². The second kappa shape index (κ2) is 8.34. The lowest BCUT2D eigenvalue weighted by Crippen LogP contribution is -2.12. The molecule has 0 bridgehead atoms. The van der Waals surface area contributed by atoms with E-state index in [1.54, 1.807) is 24.5 Å². The minimum absolute atomic E-state index is 0.00737. The molecular formula is C17H16N2O6S. The van der Waals surface area contributed by atoms with Crippen LogP contribution in [0.15, 0.2) is 42.5 Å². The number of nitro benzene ring substituents is 1. The van der Waals surface area contributed by atoms with Gasteiger partial charge in [-0.25, -0.2) is 4.79 Å². The molecule has 0 aromatic heterocycles. The van der Waals surface area contributed by atoms with Crippen molar-refractivity contribution >= 4 is 28.4 Å². The standard InChI is InChI=1S/C17H16N2O6S/c1-26(24)10-11-3-2-4-13(7-11)17(21)25-9-14-6-5-12(16(18)20)8-15(14)19(22)23/h2-8H,9-10H2,1H3,(H2,18,20). The van der Waals surface area contributed by atoms with Crippen molar-refractivity contribution in [3.63, 3.8) is 0 Å². The van der Waals surface area contributed by atoms with Crippen LogP contribution in [0.25, 0.3) is 0 Å². The number of hydrogen-bond acceptors (Lipinski definition) is 6. The van der Waals surface area contributed by atoms with Gasteiger partial charge < -0.3 is 10.5 Å². The average molecular weight is 376 g/mol. The largest absolute Gasteiger partial charge is 0.457 e. The van der Waals surface area contributed by atoms with Crippen LogP contribution in [0.5, 0.6) is 0 Å². The first kappa shape index (κ1) is 19.3. The monoisotopic (exact) mass is 376 g/mol. The molecule has 2 rings (SSSR count). The van der Waals surface area contributed by atoms with E-state index in [2.05, 4.69) is 0 Å². The van der Waals surface area contributed by atoms with Crippen LogP contribution in [-0.4, -0.2) is 27.3 Å². The normalized spacial score (nSPS) is 11.6. The Labute approximate surface area is 151 Å². The van der Waals surface area contributed by atoms with E-state index in [0.717, 1.165) is 11.6 Å². The van der Waals surface area contributed by atoms with Gasteiger partial charge in [0.2, 0.25) is 5.91 Å². The number of primary amides is 1. The summed E-state index contributed by atoms with van der Waals surface area (Å²) in [4.78, 5) is 33.8. The molecule has 0 spiro atoms. The molecule has 0 aliphatic rings. The number of benzene rings is 2. The Morgan fingerprint density at radius 2 is 1.92 bits per heavy atom. The van der Waals surface area contributed by atoms with Crippen LogP contribution in [-0.2, 0) is 27.9 Å². The third kappa shape index (κ3) is 4.96. The molecular weight excluding hydrogens is 360 g/mol. The molecule has 2 aromatic carbocycles. The van der Waals surface area contributed by atoms with E-state index in [1.807, 2.05) is 0 Å². The number of nitro groups is 1. The number of amides is 1. The number of hydrogen-bond donors (Lipinski definition) is 1. The molecule has 1 unspecified atom stereocenters. The molecule has 0 radical (unpaired) electrons. The number of carbonyl (C=O) groups excluding carboxylic acids is 2. The van der Waals surface area contributed by atoms with Gasteiger partial charge in [0.05, 0.1) is 16.1 Å². The summed E-state index contributed by atoms with van der Waals surface area (Å²) in [5.41, 5.74) is 5.86. The maximum atomic E-state index is 12.2. The van der Waals surface area contributed by atoms with E-state index < -0.39 is 27.6 Å². The summed E-state index contributed by atoms with van der Waals surface area (Å²) in [5, 5.41) is 11.1. The van der Waals surface area contributed by atoms with Crippen LogP contribution >= 0.6 is 0 Å². The Morgan fingerprint density at radius 3 is 2.54 bits per heavy atom. The van der Waals surface area contributed by atoms with E-state index in [0.29, 0.717) is 5.75 Å². The lowest BCUT2D eigenvalue weighted by atomic mass is 10.1. The third-order valence-electron chi connectivity index (χ3n) is 3.46. The Balaban J connectivity index is 2.15. The lowest BCUT2D eigenvalue weighted by Gasteiger charge is -2.08. The van der Waals surface area contributed by atoms with Crippen molar-refractivity contribution in [1.29, 1.82) is 0 Å². The van der Waals surface area contributed by atoms with Gasteiger partial charge in [-0.3, -0.25) is 19.1 Å². The summed E-state index contributed by atoms with van der Waals surface area (Å²) in [6.07, 6.45) is 1.56. The van der Waals surface area contributed by atoms with Crippen LogP contribution in [0.3, 0.4) is 0 Å². The molecule has 136 valence electrons. The van der Waals surface area contributed by atoms with Crippen LogP contribution < -0.4 is 5.73 Å². The number of nitrogens with two attached hydrogens (primary N) is 1. The summed E-state index contributed by atoms with van der Waals surface area (Å²) >= 11 is 0. The summed E-state index contributed by atoms with van der Waals surface area (Å²) in [6, 6.07) is 10.2. The highest BCUT2D eigenvalue weighted by molar-refractivity contribution is 7.83. The number of carbonyl (C=O) groups is 2. The van der Waals surface area contributed by atoms with Crippen molar-refractivity contribution in [1.82, 2.24) is 0 Å². The Morgan fingerprint density at radius 1 is 1.19 bits per heavy atom. The molecule has 26 heavy (non-hydrogen) atoms. The van der Waals surface area contributed by atoms with E-state index in [4.69, 9.17) is 10.5 Å². The van der Waals surface area contributed by atoms with E-state index in [-0.39, 0.29) is 29.0 Å². The molecule has 2 aromatic rings. The molecule has 0 aliphatic carbocycles. The fourth-order valence-corrected chi connectivity index (χ4v) is 2.91. The van der Waals surface area contributed by atoms with Crippen molar-refractivity contribution < 1.29 is 23.5 Å². The summed E-state index contributed by atoms with van der Waals surface area (Å²) in [6.45, 7) is -0.335. The predicted molar refractivity (Wildman–Crippen MR) is 94.9 cm³/mol.